The smallest absolute Gasteiger partial charge is 0.255 e. The summed E-state index contributed by atoms with van der Waals surface area (Å²) < 4.78 is 18.8. The molecular weight excluding hydrogens is 775 g/mol. The van der Waals surface area contributed by atoms with Gasteiger partial charge < -0.3 is 24.0 Å². The number of halogens is 1. The summed E-state index contributed by atoms with van der Waals surface area (Å²) in [6, 6.07) is 19.0. The van der Waals surface area contributed by atoms with Crippen LogP contribution in [0.3, 0.4) is 0 Å². The maximum Gasteiger partial charge on any atom is 0.255 e. The standard InChI is InChI=1S/C44H50ClN6O6P/c1-57-38-26-32(17-16-30(38)25-40-46-27-35(45)36(47-40)24-31-11-7-8-14-39(31)58(2,3)56)49-20-22-50(23-21-49)42(53)15-6-4-5-10-29-12-9-13-33-34(29)28-51(44(33)55)37-18-19-41(52)48-43(37)54/h7-9,11-14,16-17,26-27,37H,4-6,10,15,18-25,28H2,1-3H3,(H,48,52,54). The van der Waals surface area contributed by atoms with Crippen LogP contribution in [0.1, 0.15) is 82.7 Å². The first-order valence-corrected chi connectivity index (χ1v) is 23.0. The molecule has 3 aromatic carbocycles. The molecule has 0 bridgehead atoms. The Morgan fingerprint density at radius 2 is 1.71 bits per heavy atom. The fraction of sp³-hybridized carbons (Fsp3) is 0.409. The number of carbonyl (C=O) groups excluding carboxylic acids is 4. The lowest BCUT2D eigenvalue weighted by atomic mass is 9.98. The number of rotatable bonds is 14. The predicted molar refractivity (Wildman–Crippen MR) is 225 cm³/mol. The highest BCUT2D eigenvalue weighted by Crippen LogP contribution is 2.37. The third-order valence-electron chi connectivity index (χ3n) is 11.4. The molecular formula is C44H50ClN6O6P. The summed E-state index contributed by atoms with van der Waals surface area (Å²) in [6.07, 6.45) is 6.97. The van der Waals surface area contributed by atoms with Crippen LogP contribution in [0, 0.1) is 0 Å². The van der Waals surface area contributed by atoms with Gasteiger partial charge in [0, 0.05) is 92.8 Å². The van der Waals surface area contributed by atoms with Gasteiger partial charge in [0.1, 0.15) is 24.8 Å². The summed E-state index contributed by atoms with van der Waals surface area (Å²) in [5.41, 5.74) is 6.29. The van der Waals surface area contributed by atoms with E-state index in [0.29, 0.717) is 67.4 Å². The fourth-order valence-corrected chi connectivity index (χ4v) is 9.74. The molecule has 58 heavy (non-hydrogen) atoms. The monoisotopic (exact) mass is 824 g/mol. The van der Waals surface area contributed by atoms with Crippen LogP contribution in [-0.2, 0) is 44.8 Å². The molecule has 2 fully saturated rings. The number of piperidine rings is 1. The average molecular weight is 825 g/mol. The Bertz CT molecular complexity index is 2270. The van der Waals surface area contributed by atoms with Crippen molar-refractivity contribution in [1.29, 1.82) is 0 Å². The highest BCUT2D eigenvalue weighted by Gasteiger charge is 2.39. The Hall–Kier alpha value is -5.06. The molecule has 12 nitrogen and oxygen atoms in total. The first kappa shape index (κ1) is 41.1. The van der Waals surface area contributed by atoms with Gasteiger partial charge in [-0.2, -0.15) is 0 Å². The number of unbranched alkanes of at least 4 members (excludes halogenated alkanes) is 2. The summed E-state index contributed by atoms with van der Waals surface area (Å²) >= 11 is 6.54. The normalized spacial score (nSPS) is 17.1. The molecule has 7 rings (SSSR count). The minimum absolute atomic E-state index is 0.158. The molecule has 4 aromatic rings. The molecule has 2 saturated heterocycles. The summed E-state index contributed by atoms with van der Waals surface area (Å²) in [6.45, 7) is 6.64. The van der Waals surface area contributed by atoms with Crippen molar-refractivity contribution in [3.63, 3.8) is 0 Å². The molecule has 304 valence electrons. The van der Waals surface area contributed by atoms with Crippen LogP contribution in [0.2, 0.25) is 5.02 Å². The molecule has 14 heteroatoms. The predicted octanol–water partition coefficient (Wildman–Crippen LogP) is 5.78. The number of ether oxygens (including phenoxy) is 1. The number of amides is 4. The van der Waals surface area contributed by atoms with Crippen LogP contribution < -0.4 is 20.3 Å². The Kier molecular flexibility index (Phi) is 12.6. The van der Waals surface area contributed by atoms with E-state index in [1.54, 1.807) is 31.5 Å². The lowest BCUT2D eigenvalue weighted by Gasteiger charge is -2.36. The minimum Gasteiger partial charge on any atom is -0.496 e. The molecule has 1 aromatic heterocycles. The second kappa shape index (κ2) is 17.8. The molecule has 1 atom stereocenters. The number of fused-ring (bicyclic) bond motifs is 1. The lowest BCUT2D eigenvalue weighted by Crippen LogP contribution is -2.52. The number of imide groups is 1. The van der Waals surface area contributed by atoms with E-state index in [4.69, 9.17) is 21.3 Å². The number of hydrogen-bond donors (Lipinski definition) is 1. The zero-order valence-corrected chi connectivity index (χ0v) is 35.0. The third kappa shape index (κ3) is 9.29. The summed E-state index contributed by atoms with van der Waals surface area (Å²) in [7, 11) is -0.829. The van der Waals surface area contributed by atoms with Crippen molar-refractivity contribution in [2.24, 2.45) is 0 Å². The van der Waals surface area contributed by atoms with Crippen molar-refractivity contribution in [3.05, 3.63) is 111 Å². The molecule has 4 heterocycles. The van der Waals surface area contributed by atoms with E-state index in [2.05, 4.69) is 21.3 Å². The van der Waals surface area contributed by atoms with E-state index in [9.17, 15) is 23.7 Å². The molecule has 0 radical (unpaired) electrons. The van der Waals surface area contributed by atoms with Gasteiger partial charge in [0.05, 0.1) is 17.8 Å². The zero-order valence-electron chi connectivity index (χ0n) is 33.3. The van der Waals surface area contributed by atoms with Gasteiger partial charge in [-0.25, -0.2) is 9.97 Å². The molecule has 3 aliphatic rings. The number of nitrogens with zero attached hydrogens (tertiary/aromatic N) is 5. The summed E-state index contributed by atoms with van der Waals surface area (Å²) in [5, 5.41) is 3.66. The minimum atomic E-state index is -2.48. The number of aromatic nitrogens is 2. The van der Waals surface area contributed by atoms with E-state index >= 15 is 0 Å². The Labute approximate surface area is 344 Å². The van der Waals surface area contributed by atoms with Gasteiger partial charge in [0.25, 0.3) is 5.91 Å². The zero-order chi connectivity index (χ0) is 41.0. The maximum absolute atomic E-state index is 13.2. The second-order valence-corrected chi connectivity index (χ2v) is 19.3. The summed E-state index contributed by atoms with van der Waals surface area (Å²) in [5.74, 6) is 0.661. The second-order valence-electron chi connectivity index (χ2n) is 15.7. The molecule has 0 spiro atoms. The van der Waals surface area contributed by atoms with Crippen molar-refractivity contribution >= 4 is 53.4 Å². The van der Waals surface area contributed by atoms with E-state index in [1.807, 2.05) is 59.5 Å². The number of carbonyl (C=O) groups is 4. The number of anilines is 1. The number of methoxy groups -OCH3 is 1. The molecule has 0 saturated carbocycles. The van der Waals surface area contributed by atoms with Gasteiger partial charge in [-0.1, -0.05) is 60.5 Å². The van der Waals surface area contributed by atoms with Crippen molar-refractivity contribution < 1.29 is 28.5 Å². The first-order valence-electron chi connectivity index (χ1n) is 20.0. The van der Waals surface area contributed by atoms with Gasteiger partial charge in [-0.15, -0.1) is 0 Å². The van der Waals surface area contributed by atoms with Gasteiger partial charge in [-0.05, 0) is 67.8 Å². The van der Waals surface area contributed by atoms with Crippen LogP contribution in [-0.4, -0.2) is 96.1 Å². The SMILES string of the molecule is COc1cc(N2CCN(C(=O)CCCCCc3cccc4c3CN(C3CCC(=O)NC3=O)C4=O)CC2)ccc1Cc1ncc(Cl)c(Cc2ccccc2P(C)(C)=O)n1. The lowest BCUT2D eigenvalue weighted by molar-refractivity contribution is -0.137. The van der Waals surface area contributed by atoms with Crippen LogP contribution >= 0.6 is 18.7 Å². The van der Waals surface area contributed by atoms with Crippen molar-refractivity contribution in [3.8, 4) is 5.75 Å². The Morgan fingerprint density at radius 3 is 2.47 bits per heavy atom. The number of benzene rings is 3. The molecule has 1 unspecified atom stereocenters. The fourth-order valence-electron chi connectivity index (χ4n) is 8.29. The van der Waals surface area contributed by atoms with Crippen LogP contribution in [0.4, 0.5) is 5.69 Å². The molecule has 4 amide bonds. The maximum atomic E-state index is 13.2. The van der Waals surface area contributed by atoms with E-state index in [-0.39, 0.29) is 24.1 Å². The average Bonchev–Trinajstić information content (AvgIpc) is 3.55. The van der Waals surface area contributed by atoms with Gasteiger partial charge >= 0.3 is 0 Å². The quantitative estimate of drug-likeness (QED) is 0.0952. The first-order chi connectivity index (χ1) is 27.9. The van der Waals surface area contributed by atoms with E-state index < -0.39 is 19.1 Å². The Morgan fingerprint density at radius 1 is 0.931 bits per heavy atom. The van der Waals surface area contributed by atoms with Crippen LogP contribution in [0.25, 0.3) is 0 Å². The van der Waals surface area contributed by atoms with Crippen LogP contribution in [0.15, 0.2) is 66.9 Å². The van der Waals surface area contributed by atoms with Crippen molar-refractivity contribution in [2.45, 2.75) is 70.4 Å². The van der Waals surface area contributed by atoms with Crippen LogP contribution in [0.5, 0.6) is 5.75 Å². The number of piperazine rings is 1. The molecule has 1 N–H and O–H groups in total. The third-order valence-corrected chi connectivity index (χ3v) is 13.3. The Balaban J connectivity index is 0.874. The largest absolute Gasteiger partial charge is 0.496 e. The molecule has 0 aliphatic carbocycles. The van der Waals surface area contributed by atoms with Gasteiger partial charge in [-0.3, -0.25) is 24.5 Å². The van der Waals surface area contributed by atoms with E-state index in [1.165, 1.54) is 0 Å². The summed E-state index contributed by atoms with van der Waals surface area (Å²) in [4.78, 5) is 65.6. The number of hydrogen-bond acceptors (Lipinski definition) is 9. The van der Waals surface area contributed by atoms with Gasteiger partial charge in [0.2, 0.25) is 17.7 Å². The number of aryl methyl sites for hydroxylation is 1. The van der Waals surface area contributed by atoms with Gasteiger partial charge in [0.15, 0.2) is 0 Å². The van der Waals surface area contributed by atoms with Crippen molar-refractivity contribution in [2.75, 3.05) is 51.5 Å². The number of nitrogens with one attached hydrogen (secondary N) is 1. The highest BCUT2D eigenvalue weighted by molar-refractivity contribution is 7.70. The highest BCUT2D eigenvalue weighted by atomic mass is 35.5. The van der Waals surface area contributed by atoms with E-state index in [0.717, 1.165) is 77.8 Å². The topological polar surface area (TPSA) is 142 Å². The van der Waals surface area contributed by atoms with Crippen molar-refractivity contribution in [1.82, 2.24) is 25.1 Å². The molecule has 3 aliphatic heterocycles.